The van der Waals surface area contributed by atoms with E-state index in [1.54, 1.807) is 0 Å². The lowest BCUT2D eigenvalue weighted by Crippen LogP contribution is -2.38. The second-order valence-corrected chi connectivity index (χ2v) is 6.00. The molecule has 0 fully saturated rings. The summed E-state index contributed by atoms with van der Waals surface area (Å²) in [5.74, 6) is 2.11. The maximum Gasteiger partial charge on any atom is 0.150 e. The molecule has 22 heavy (non-hydrogen) atoms. The molecule has 1 atom stereocenters. The number of aromatic nitrogens is 3. The Kier molecular flexibility index (Phi) is 4.68. The molecule has 0 unspecified atom stereocenters. The van der Waals surface area contributed by atoms with Gasteiger partial charge in [0, 0.05) is 25.4 Å². The van der Waals surface area contributed by atoms with Gasteiger partial charge in [0.1, 0.15) is 5.82 Å². The Morgan fingerprint density at radius 2 is 2.18 bits per heavy atom. The fourth-order valence-corrected chi connectivity index (χ4v) is 2.87. The summed E-state index contributed by atoms with van der Waals surface area (Å²) in [5.41, 5.74) is 2.61. The largest absolute Gasteiger partial charge is 0.308 e. The zero-order chi connectivity index (χ0) is 15.4. The van der Waals surface area contributed by atoms with Crippen LogP contribution in [0.2, 0.25) is 0 Å². The van der Waals surface area contributed by atoms with Crippen molar-refractivity contribution in [1.29, 1.82) is 0 Å². The average molecular weight is 296 g/mol. The van der Waals surface area contributed by atoms with Crippen LogP contribution in [0.1, 0.15) is 37.5 Å². The minimum absolute atomic E-state index is 0.484. The lowest BCUT2D eigenvalue weighted by Gasteiger charge is -2.23. The summed E-state index contributed by atoms with van der Waals surface area (Å²) in [5, 5.41) is 8.22. The van der Waals surface area contributed by atoms with Gasteiger partial charge < -0.3 is 5.32 Å². The van der Waals surface area contributed by atoms with Gasteiger partial charge >= 0.3 is 0 Å². The van der Waals surface area contributed by atoms with Crippen LogP contribution in [0.25, 0.3) is 6.08 Å². The highest BCUT2D eigenvalue weighted by molar-refractivity contribution is 5.52. The predicted octanol–water partition coefficient (Wildman–Crippen LogP) is 2.85. The summed E-state index contributed by atoms with van der Waals surface area (Å²) in [6, 6.07) is 11.0. The Hall–Kier alpha value is -1.94. The van der Waals surface area contributed by atoms with Crippen LogP contribution in [0.3, 0.4) is 0 Å². The molecule has 4 heteroatoms. The first kappa shape index (κ1) is 15.0. The smallest absolute Gasteiger partial charge is 0.150 e. The van der Waals surface area contributed by atoms with Crippen molar-refractivity contribution in [3.05, 3.63) is 53.1 Å². The summed E-state index contributed by atoms with van der Waals surface area (Å²) >= 11 is 0. The van der Waals surface area contributed by atoms with Gasteiger partial charge in [-0.1, -0.05) is 48.9 Å². The molecule has 3 rings (SSSR count). The number of hydrogen-bond donors (Lipinski definition) is 1. The molecule has 0 radical (unpaired) electrons. The van der Waals surface area contributed by atoms with Gasteiger partial charge in [0.2, 0.25) is 0 Å². The van der Waals surface area contributed by atoms with E-state index in [0.717, 1.165) is 44.0 Å². The first-order valence-corrected chi connectivity index (χ1v) is 8.13. The van der Waals surface area contributed by atoms with Gasteiger partial charge in [-0.15, -0.1) is 0 Å². The van der Waals surface area contributed by atoms with E-state index in [1.165, 1.54) is 11.1 Å². The number of rotatable bonds is 5. The molecule has 0 saturated carbocycles. The monoisotopic (exact) mass is 296 g/mol. The molecule has 2 heterocycles. The van der Waals surface area contributed by atoms with E-state index >= 15 is 0 Å². The molecular weight excluding hydrogens is 272 g/mol. The minimum atomic E-state index is 0.484. The normalized spacial score (nSPS) is 18.3. The fraction of sp³-hybridized carbons (Fsp3) is 0.444. The number of nitrogens with one attached hydrogen (secondary N) is 1. The number of fused-ring (bicyclic) bond motifs is 1. The summed E-state index contributed by atoms with van der Waals surface area (Å²) in [6.07, 6.45) is 5.31. The van der Waals surface area contributed by atoms with Crippen molar-refractivity contribution in [3.8, 4) is 0 Å². The Morgan fingerprint density at radius 3 is 2.95 bits per heavy atom. The van der Waals surface area contributed by atoms with Crippen LogP contribution in [0.15, 0.2) is 35.9 Å². The van der Waals surface area contributed by atoms with E-state index in [-0.39, 0.29) is 0 Å². The molecule has 1 aromatic carbocycles. The van der Waals surface area contributed by atoms with Gasteiger partial charge in [0.15, 0.2) is 5.82 Å². The molecule has 0 bridgehead atoms. The van der Waals surface area contributed by atoms with Crippen LogP contribution in [0.5, 0.6) is 0 Å². The Labute approximate surface area is 132 Å². The van der Waals surface area contributed by atoms with E-state index in [1.807, 2.05) is 6.07 Å². The van der Waals surface area contributed by atoms with Crippen LogP contribution < -0.4 is 5.32 Å². The highest BCUT2D eigenvalue weighted by Gasteiger charge is 2.20. The zero-order valence-electron chi connectivity index (χ0n) is 13.4. The van der Waals surface area contributed by atoms with Gasteiger partial charge in [-0.3, -0.25) is 0 Å². The predicted molar refractivity (Wildman–Crippen MR) is 89.6 cm³/mol. The number of nitrogens with zero attached hydrogens (tertiary/aromatic N) is 3. The molecule has 0 saturated heterocycles. The van der Waals surface area contributed by atoms with Crippen LogP contribution >= 0.6 is 0 Å². The van der Waals surface area contributed by atoms with Gasteiger partial charge in [-0.2, -0.15) is 5.10 Å². The maximum atomic E-state index is 4.57. The lowest BCUT2D eigenvalue weighted by molar-refractivity contribution is 0.367. The van der Waals surface area contributed by atoms with Crippen molar-refractivity contribution in [3.63, 3.8) is 0 Å². The Bertz CT molecular complexity index is 642. The van der Waals surface area contributed by atoms with Gasteiger partial charge in [-0.05, 0) is 18.9 Å². The third-order valence-electron chi connectivity index (χ3n) is 4.10. The number of aryl methyl sites for hydroxylation is 2. The summed E-state index contributed by atoms with van der Waals surface area (Å²) < 4.78 is 2.08. The fourth-order valence-electron chi connectivity index (χ4n) is 2.87. The third kappa shape index (κ3) is 3.63. The molecular formula is C18H24N4. The summed E-state index contributed by atoms with van der Waals surface area (Å²) in [7, 11) is 0. The molecule has 0 aliphatic carbocycles. The minimum Gasteiger partial charge on any atom is -0.308 e. The average Bonchev–Trinajstić information content (AvgIpc) is 2.96. The van der Waals surface area contributed by atoms with Crippen LogP contribution in [0.4, 0.5) is 0 Å². The van der Waals surface area contributed by atoms with Crippen molar-refractivity contribution in [2.45, 2.75) is 45.7 Å². The SMILES string of the molecule is CCc1nc2n(n1)C[C@H](NC/C(C)=C\c1ccccc1)CC2. The molecule has 116 valence electrons. The summed E-state index contributed by atoms with van der Waals surface area (Å²) in [4.78, 5) is 4.57. The zero-order valence-corrected chi connectivity index (χ0v) is 13.4. The van der Waals surface area contributed by atoms with E-state index in [2.05, 4.69) is 64.3 Å². The molecule has 0 spiro atoms. The van der Waals surface area contributed by atoms with Crippen molar-refractivity contribution < 1.29 is 0 Å². The second-order valence-electron chi connectivity index (χ2n) is 6.00. The Balaban J connectivity index is 1.55. The second kappa shape index (κ2) is 6.88. The molecule has 4 nitrogen and oxygen atoms in total. The van der Waals surface area contributed by atoms with Crippen LogP contribution in [-0.2, 0) is 19.4 Å². The van der Waals surface area contributed by atoms with E-state index < -0.39 is 0 Å². The highest BCUT2D eigenvalue weighted by Crippen LogP contribution is 2.14. The van der Waals surface area contributed by atoms with Gasteiger partial charge in [0.05, 0.1) is 6.54 Å². The molecule has 1 aliphatic rings. The molecule has 2 aromatic rings. The highest BCUT2D eigenvalue weighted by atomic mass is 15.4. The first-order valence-electron chi connectivity index (χ1n) is 8.13. The van der Waals surface area contributed by atoms with Crippen LogP contribution in [-0.4, -0.2) is 27.4 Å². The maximum absolute atomic E-state index is 4.57. The molecule has 0 amide bonds. The third-order valence-corrected chi connectivity index (χ3v) is 4.10. The number of benzene rings is 1. The van der Waals surface area contributed by atoms with Crippen molar-refractivity contribution in [1.82, 2.24) is 20.1 Å². The van der Waals surface area contributed by atoms with Crippen molar-refractivity contribution in [2.75, 3.05) is 6.54 Å². The lowest BCUT2D eigenvalue weighted by atomic mass is 10.1. The van der Waals surface area contributed by atoms with Gasteiger partial charge in [0.25, 0.3) is 0 Å². The van der Waals surface area contributed by atoms with Crippen molar-refractivity contribution >= 4 is 6.08 Å². The quantitative estimate of drug-likeness (QED) is 0.922. The standard InChI is InChI=1S/C18H24N4/c1-3-17-20-18-10-9-16(13-22(18)21-17)19-12-14(2)11-15-7-5-4-6-8-15/h4-8,11,16,19H,3,9-10,12-13H2,1-2H3/b14-11-/t16-/m1/s1. The van der Waals surface area contributed by atoms with E-state index in [4.69, 9.17) is 0 Å². The number of hydrogen-bond acceptors (Lipinski definition) is 3. The van der Waals surface area contributed by atoms with E-state index in [9.17, 15) is 0 Å². The first-order chi connectivity index (χ1) is 10.7. The topological polar surface area (TPSA) is 42.7 Å². The molecule has 1 N–H and O–H groups in total. The summed E-state index contributed by atoms with van der Waals surface area (Å²) in [6.45, 7) is 6.14. The molecule has 1 aliphatic heterocycles. The molecule has 1 aromatic heterocycles. The van der Waals surface area contributed by atoms with Crippen LogP contribution in [0, 0.1) is 0 Å². The Morgan fingerprint density at radius 1 is 1.36 bits per heavy atom. The van der Waals surface area contributed by atoms with E-state index in [0.29, 0.717) is 6.04 Å². The van der Waals surface area contributed by atoms with Crippen molar-refractivity contribution in [2.24, 2.45) is 0 Å². The van der Waals surface area contributed by atoms with Gasteiger partial charge in [-0.25, -0.2) is 9.67 Å².